The Labute approximate surface area is 212 Å². The number of imidazole rings is 1. The summed E-state index contributed by atoms with van der Waals surface area (Å²) in [5.74, 6) is 0.302. The van der Waals surface area contributed by atoms with Gasteiger partial charge in [-0.15, -0.1) is 0 Å². The summed E-state index contributed by atoms with van der Waals surface area (Å²) in [5, 5.41) is 0. The Hall–Kier alpha value is -3.49. The molecule has 4 aromatic rings. The molecule has 5 rings (SSSR count). The van der Waals surface area contributed by atoms with Gasteiger partial charge in [0.1, 0.15) is 6.33 Å². The molecule has 0 unspecified atom stereocenters. The molecule has 1 saturated heterocycles. The summed E-state index contributed by atoms with van der Waals surface area (Å²) < 4.78 is 29.7. The van der Waals surface area contributed by atoms with Gasteiger partial charge in [0.05, 0.1) is 15.9 Å². The number of para-hydroxylation sites is 2. The van der Waals surface area contributed by atoms with E-state index in [4.69, 9.17) is 0 Å². The summed E-state index contributed by atoms with van der Waals surface area (Å²) in [4.78, 5) is 19.6. The van der Waals surface area contributed by atoms with Crippen molar-refractivity contribution in [2.24, 2.45) is 0 Å². The van der Waals surface area contributed by atoms with Crippen LogP contribution in [0.5, 0.6) is 0 Å². The second-order valence-electron chi connectivity index (χ2n) is 9.22. The van der Waals surface area contributed by atoms with E-state index in [0.29, 0.717) is 29.5 Å². The van der Waals surface area contributed by atoms with Gasteiger partial charge in [0.15, 0.2) is 0 Å². The summed E-state index contributed by atoms with van der Waals surface area (Å²) in [6, 6.07) is 22.5. The predicted octanol–water partition coefficient (Wildman–Crippen LogP) is 4.69. The highest BCUT2D eigenvalue weighted by molar-refractivity contribution is 7.89. The van der Waals surface area contributed by atoms with Crippen LogP contribution in [0.3, 0.4) is 0 Å². The van der Waals surface area contributed by atoms with E-state index in [9.17, 15) is 13.2 Å². The zero-order valence-electron chi connectivity index (χ0n) is 20.5. The monoisotopic (exact) mass is 502 g/mol. The lowest BCUT2D eigenvalue weighted by molar-refractivity contribution is 0.0698. The fraction of sp³-hybridized carbons (Fsp3) is 0.286. The largest absolute Gasteiger partial charge is 0.336 e. The van der Waals surface area contributed by atoms with E-state index in [0.717, 1.165) is 28.7 Å². The maximum atomic E-state index is 13.1. The molecule has 186 valence electrons. The summed E-state index contributed by atoms with van der Waals surface area (Å²) in [5.41, 5.74) is 4.56. The molecule has 0 bridgehead atoms. The number of rotatable bonds is 6. The van der Waals surface area contributed by atoms with Crippen molar-refractivity contribution in [3.63, 3.8) is 0 Å². The fourth-order valence-electron chi connectivity index (χ4n) is 4.60. The number of piperazine rings is 1. The molecule has 2 heterocycles. The van der Waals surface area contributed by atoms with Crippen molar-refractivity contribution in [3.8, 4) is 5.69 Å². The Morgan fingerprint density at radius 3 is 2.25 bits per heavy atom. The lowest BCUT2D eigenvalue weighted by Gasteiger charge is -2.34. The van der Waals surface area contributed by atoms with Crippen LogP contribution < -0.4 is 0 Å². The standard InChI is InChI=1S/C28H30N4O3S/c1-3-21(2)22-10-14-25(15-11-22)36(34,35)31-18-16-30(17-19-31)28(33)23-8-12-24(13-9-23)32-20-29-26-6-4-5-7-27(26)32/h4-15,20-21H,3,16-19H2,1-2H3/t21-/m0/s1. The highest BCUT2D eigenvalue weighted by atomic mass is 32.2. The van der Waals surface area contributed by atoms with Crippen LogP contribution in [0.2, 0.25) is 0 Å². The minimum Gasteiger partial charge on any atom is -0.336 e. The Morgan fingerprint density at radius 1 is 0.917 bits per heavy atom. The zero-order valence-corrected chi connectivity index (χ0v) is 21.4. The highest BCUT2D eigenvalue weighted by Gasteiger charge is 2.30. The van der Waals surface area contributed by atoms with Crippen molar-refractivity contribution < 1.29 is 13.2 Å². The third-order valence-electron chi connectivity index (χ3n) is 7.07. The van der Waals surface area contributed by atoms with Gasteiger partial charge in [0, 0.05) is 37.4 Å². The van der Waals surface area contributed by atoms with Gasteiger partial charge in [-0.1, -0.05) is 38.1 Å². The Kier molecular flexibility index (Phi) is 6.64. The van der Waals surface area contributed by atoms with Crippen LogP contribution in [0.1, 0.15) is 42.1 Å². The van der Waals surface area contributed by atoms with Crippen LogP contribution in [0.25, 0.3) is 16.7 Å². The van der Waals surface area contributed by atoms with E-state index >= 15 is 0 Å². The summed E-state index contributed by atoms with van der Waals surface area (Å²) in [6.45, 7) is 5.52. The van der Waals surface area contributed by atoms with Crippen LogP contribution in [0.15, 0.2) is 84.0 Å². The number of sulfonamides is 1. The van der Waals surface area contributed by atoms with Gasteiger partial charge in [0.25, 0.3) is 5.91 Å². The van der Waals surface area contributed by atoms with Gasteiger partial charge >= 0.3 is 0 Å². The summed E-state index contributed by atoms with van der Waals surface area (Å²) in [7, 11) is -3.59. The van der Waals surface area contributed by atoms with Crippen molar-refractivity contribution in [2.45, 2.75) is 31.1 Å². The van der Waals surface area contributed by atoms with Crippen LogP contribution in [-0.4, -0.2) is 59.3 Å². The van der Waals surface area contributed by atoms with Crippen LogP contribution in [0, 0.1) is 0 Å². The van der Waals surface area contributed by atoms with E-state index in [2.05, 4.69) is 18.8 Å². The number of amides is 1. The van der Waals surface area contributed by atoms with Gasteiger partial charge < -0.3 is 4.90 Å². The van der Waals surface area contributed by atoms with E-state index < -0.39 is 10.0 Å². The number of hydrogen-bond donors (Lipinski definition) is 0. The normalized spacial score (nSPS) is 15.8. The van der Waals surface area contributed by atoms with Crippen molar-refractivity contribution in [2.75, 3.05) is 26.2 Å². The molecular formula is C28H30N4O3S. The zero-order chi connectivity index (χ0) is 25.3. The van der Waals surface area contributed by atoms with Gasteiger partial charge in [-0.3, -0.25) is 9.36 Å². The van der Waals surface area contributed by atoms with Crippen molar-refractivity contribution in [3.05, 3.63) is 90.3 Å². The minimum atomic E-state index is -3.59. The first-order chi connectivity index (χ1) is 17.4. The molecule has 1 amide bonds. The lowest BCUT2D eigenvalue weighted by Crippen LogP contribution is -2.50. The van der Waals surface area contributed by atoms with Gasteiger partial charge in [-0.05, 0) is 66.4 Å². The van der Waals surface area contributed by atoms with Crippen LogP contribution >= 0.6 is 0 Å². The van der Waals surface area contributed by atoms with E-state index in [1.54, 1.807) is 23.4 Å². The van der Waals surface area contributed by atoms with Crippen molar-refractivity contribution >= 4 is 27.0 Å². The molecule has 1 fully saturated rings. The molecule has 3 aromatic carbocycles. The van der Waals surface area contributed by atoms with Gasteiger partial charge in [-0.2, -0.15) is 4.31 Å². The molecular weight excluding hydrogens is 472 g/mol. The quantitative estimate of drug-likeness (QED) is 0.384. The number of nitrogens with zero attached hydrogens (tertiary/aromatic N) is 4. The van der Waals surface area contributed by atoms with Crippen molar-refractivity contribution in [1.29, 1.82) is 0 Å². The first-order valence-electron chi connectivity index (χ1n) is 12.3. The number of carbonyl (C=O) groups excluding carboxylic acids is 1. The number of carbonyl (C=O) groups is 1. The topological polar surface area (TPSA) is 75.5 Å². The first kappa shape index (κ1) is 24.2. The second-order valence-corrected chi connectivity index (χ2v) is 11.2. The highest BCUT2D eigenvalue weighted by Crippen LogP contribution is 2.24. The minimum absolute atomic E-state index is 0.0907. The third-order valence-corrected chi connectivity index (χ3v) is 8.98. The summed E-state index contributed by atoms with van der Waals surface area (Å²) >= 11 is 0. The number of fused-ring (bicyclic) bond motifs is 1. The molecule has 1 aromatic heterocycles. The molecule has 0 radical (unpaired) electrons. The van der Waals surface area contributed by atoms with Gasteiger partial charge in [-0.25, -0.2) is 13.4 Å². The molecule has 1 aliphatic rings. The Morgan fingerprint density at radius 2 is 1.58 bits per heavy atom. The van der Waals surface area contributed by atoms with E-state index in [-0.39, 0.29) is 19.0 Å². The van der Waals surface area contributed by atoms with E-state index in [1.807, 2.05) is 65.2 Å². The number of aromatic nitrogens is 2. The maximum Gasteiger partial charge on any atom is 0.253 e. The van der Waals surface area contributed by atoms with E-state index in [1.165, 1.54) is 4.31 Å². The van der Waals surface area contributed by atoms with Crippen LogP contribution in [0.4, 0.5) is 0 Å². The fourth-order valence-corrected chi connectivity index (χ4v) is 6.02. The molecule has 36 heavy (non-hydrogen) atoms. The average Bonchev–Trinajstić information content (AvgIpc) is 3.37. The molecule has 0 saturated carbocycles. The molecule has 8 heteroatoms. The molecule has 1 aliphatic heterocycles. The molecule has 1 atom stereocenters. The van der Waals surface area contributed by atoms with Gasteiger partial charge in [0.2, 0.25) is 10.0 Å². The third kappa shape index (κ3) is 4.54. The lowest BCUT2D eigenvalue weighted by atomic mass is 9.99. The Bertz CT molecular complexity index is 1470. The summed E-state index contributed by atoms with van der Waals surface area (Å²) in [6.07, 6.45) is 2.78. The SMILES string of the molecule is CC[C@H](C)c1ccc(S(=O)(=O)N2CCN(C(=O)c3ccc(-n4cnc5ccccc54)cc3)CC2)cc1. The Balaban J connectivity index is 1.24. The second kappa shape index (κ2) is 9.87. The van der Waals surface area contributed by atoms with Crippen LogP contribution in [-0.2, 0) is 10.0 Å². The molecule has 0 spiro atoms. The smallest absolute Gasteiger partial charge is 0.253 e. The van der Waals surface area contributed by atoms with Crippen molar-refractivity contribution in [1.82, 2.24) is 18.8 Å². The number of benzene rings is 3. The predicted molar refractivity (Wildman–Crippen MR) is 141 cm³/mol. The molecule has 0 aliphatic carbocycles. The average molecular weight is 503 g/mol. The first-order valence-corrected chi connectivity index (χ1v) is 13.7. The molecule has 0 N–H and O–H groups in total. The number of hydrogen-bond acceptors (Lipinski definition) is 4. The maximum absolute atomic E-state index is 13.1. The molecule has 7 nitrogen and oxygen atoms in total.